The summed E-state index contributed by atoms with van der Waals surface area (Å²) in [5, 5.41) is 13.0. The van der Waals surface area contributed by atoms with E-state index in [2.05, 4.69) is 22.4 Å². The summed E-state index contributed by atoms with van der Waals surface area (Å²) < 4.78 is 0. The molecule has 1 aliphatic rings. The predicted molar refractivity (Wildman–Crippen MR) is 75.8 cm³/mol. The molecule has 1 fully saturated rings. The van der Waals surface area contributed by atoms with Gasteiger partial charge in [0.25, 0.3) is 5.91 Å². The number of fused-ring (bicyclic) bond motifs is 1. The second-order valence-electron chi connectivity index (χ2n) is 5.14. The van der Waals surface area contributed by atoms with E-state index < -0.39 is 5.91 Å². The van der Waals surface area contributed by atoms with Gasteiger partial charge in [-0.1, -0.05) is 6.07 Å². The summed E-state index contributed by atoms with van der Waals surface area (Å²) in [6.45, 7) is 2.10. The van der Waals surface area contributed by atoms with Crippen LogP contribution in [0.25, 0.3) is 10.9 Å². The van der Waals surface area contributed by atoms with Crippen LogP contribution < -0.4 is 10.8 Å². The topological polar surface area (TPSA) is 74.2 Å². The maximum absolute atomic E-state index is 11.4. The highest BCUT2D eigenvalue weighted by molar-refractivity contribution is 5.96. The maximum Gasteiger partial charge on any atom is 0.276 e. The number of rotatable bonds is 2. The van der Waals surface area contributed by atoms with Crippen LogP contribution >= 0.6 is 0 Å². The number of nitrogens with zero attached hydrogens (tertiary/aromatic N) is 1. The van der Waals surface area contributed by atoms with Gasteiger partial charge < -0.3 is 5.32 Å². The van der Waals surface area contributed by atoms with Crippen molar-refractivity contribution in [3.05, 3.63) is 41.6 Å². The van der Waals surface area contributed by atoms with Crippen LogP contribution in [0.15, 0.2) is 30.5 Å². The van der Waals surface area contributed by atoms with Crippen LogP contribution in [-0.2, 0) is 0 Å². The average molecular weight is 271 g/mol. The summed E-state index contributed by atoms with van der Waals surface area (Å²) in [5.74, 6) is 0.0302. The zero-order chi connectivity index (χ0) is 13.9. The summed E-state index contributed by atoms with van der Waals surface area (Å²) in [6.07, 6.45) is 3.74. The average Bonchev–Trinajstić information content (AvgIpc) is 2.54. The highest BCUT2D eigenvalue weighted by atomic mass is 16.5. The summed E-state index contributed by atoms with van der Waals surface area (Å²) in [6, 6.07) is 7.98. The van der Waals surface area contributed by atoms with E-state index in [1.165, 1.54) is 11.8 Å². The van der Waals surface area contributed by atoms with E-state index in [4.69, 9.17) is 5.21 Å². The molecule has 0 unspecified atom stereocenters. The fraction of sp³-hybridized carbons (Fsp3) is 0.333. The number of aromatic nitrogens is 1. The van der Waals surface area contributed by atoms with Gasteiger partial charge in [0.05, 0.1) is 11.1 Å². The molecule has 2 aromatic rings. The second-order valence-corrected chi connectivity index (χ2v) is 5.14. The molecule has 104 valence electrons. The van der Waals surface area contributed by atoms with Gasteiger partial charge in [-0.2, -0.15) is 0 Å². The molecule has 1 aliphatic heterocycles. The van der Waals surface area contributed by atoms with Gasteiger partial charge in [-0.25, -0.2) is 5.48 Å². The normalized spacial score (nSPS) is 16.2. The summed E-state index contributed by atoms with van der Waals surface area (Å²) in [7, 11) is 0. The Kier molecular flexibility index (Phi) is 3.62. The van der Waals surface area contributed by atoms with E-state index in [9.17, 15) is 4.79 Å². The van der Waals surface area contributed by atoms with Crippen LogP contribution in [-0.4, -0.2) is 29.2 Å². The van der Waals surface area contributed by atoms with Gasteiger partial charge in [-0.3, -0.25) is 15.0 Å². The lowest BCUT2D eigenvalue weighted by Crippen LogP contribution is -2.26. The minimum absolute atomic E-state index is 0.363. The predicted octanol–water partition coefficient (Wildman–Crippen LogP) is 1.82. The lowest BCUT2D eigenvalue weighted by Gasteiger charge is -2.23. The van der Waals surface area contributed by atoms with Crippen molar-refractivity contribution in [3.63, 3.8) is 0 Å². The fourth-order valence-corrected chi connectivity index (χ4v) is 2.75. The van der Waals surface area contributed by atoms with Gasteiger partial charge in [0.2, 0.25) is 0 Å². The van der Waals surface area contributed by atoms with E-state index in [1.807, 2.05) is 6.07 Å². The van der Waals surface area contributed by atoms with E-state index in [1.54, 1.807) is 11.5 Å². The van der Waals surface area contributed by atoms with Gasteiger partial charge in [-0.15, -0.1) is 0 Å². The highest BCUT2D eigenvalue weighted by Gasteiger charge is 2.15. The molecule has 0 saturated carbocycles. The molecule has 20 heavy (non-hydrogen) atoms. The van der Waals surface area contributed by atoms with Crippen LogP contribution in [0.4, 0.5) is 0 Å². The maximum atomic E-state index is 11.4. The molecule has 5 nitrogen and oxygen atoms in total. The first-order valence-electron chi connectivity index (χ1n) is 6.83. The van der Waals surface area contributed by atoms with Crippen molar-refractivity contribution in [3.8, 4) is 0 Å². The van der Waals surface area contributed by atoms with E-state index >= 15 is 0 Å². The standard InChI is InChI=1S/C15H17N3O2/c19-15(18-20)13-8-12-7-11(1-2-14(12)17-9-13)10-3-5-16-6-4-10/h1-2,7-10,16,20H,3-6H2,(H,18,19). The number of carbonyl (C=O) groups excluding carboxylic acids is 1. The summed E-state index contributed by atoms with van der Waals surface area (Å²) in [5.41, 5.74) is 4.15. The van der Waals surface area contributed by atoms with Crippen LogP contribution in [0.5, 0.6) is 0 Å². The third-order valence-corrected chi connectivity index (χ3v) is 3.88. The summed E-state index contributed by atoms with van der Waals surface area (Å²) >= 11 is 0. The van der Waals surface area contributed by atoms with Crippen molar-refractivity contribution in [1.29, 1.82) is 0 Å². The molecule has 0 aliphatic carbocycles. The van der Waals surface area contributed by atoms with Crippen LogP contribution in [0.3, 0.4) is 0 Å². The van der Waals surface area contributed by atoms with Crippen molar-refractivity contribution in [1.82, 2.24) is 15.8 Å². The third-order valence-electron chi connectivity index (χ3n) is 3.88. The molecule has 2 heterocycles. The van der Waals surface area contributed by atoms with Crippen LogP contribution in [0.1, 0.15) is 34.7 Å². The van der Waals surface area contributed by atoms with Gasteiger partial charge in [0.15, 0.2) is 0 Å². The molecule has 1 aromatic carbocycles. The number of hydroxylamine groups is 1. The Balaban J connectivity index is 1.97. The van der Waals surface area contributed by atoms with Crippen molar-refractivity contribution >= 4 is 16.8 Å². The Labute approximate surface area is 117 Å². The fourth-order valence-electron chi connectivity index (χ4n) is 2.75. The zero-order valence-corrected chi connectivity index (χ0v) is 11.1. The molecule has 3 N–H and O–H groups in total. The van der Waals surface area contributed by atoms with Gasteiger partial charge in [-0.05, 0) is 55.6 Å². The Morgan fingerprint density at radius 1 is 1.30 bits per heavy atom. The number of carbonyl (C=O) groups is 1. The number of hydrogen-bond acceptors (Lipinski definition) is 4. The largest absolute Gasteiger partial charge is 0.317 e. The second kappa shape index (κ2) is 5.56. The number of nitrogens with one attached hydrogen (secondary N) is 2. The van der Waals surface area contributed by atoms with Gasteiger partial charge in [0.1, 0.15) is 0 Å². The number of amides is 1. The molecule has 5 heteroatoms. The third kappa shape index (κ3) is 2.50. The Bertz CT molecular complexity index is 636. The monoisotopic (exact) mass is 271 g/mol. The Morgan fingerprint density at radius 3 is 2.85 bits per heavy atom. The lowest BCUT2D eigenvalue weighted by atomic mass is 9.89. The molecule has 0 atom stereocenters. The number of piperidine rings is 1. The van der Waals surface area contributed by atoms with Crippen LogP contribution in [0.2, 0.25) is 0 Å². The molecular formula is C15H17N3O2. The Morgan fingerprint density at radius 2 is 2.10 bits per heavy atom. The number of benzene rings is 1. The molecule has 1 saturated heterocycles. The first kappa shape index (κ1) is 13.0. The molecule has 1 amide bonds. The van der Waals surface area contributed by atoms with E-state index in [-0.39, 0.29) is 0 Å². The first-order valence-corrected chi connectivity index (χ1v) is 6.83. The molecule has 3 rings (SSSR count). The minimum Gasteiger partial charge on any atom is -0.317 e. The molecule has 0 spiro atoms. The van der Waals surface area contributed by atoms with Crippen molar-refractivity contribution in [2.75, 3.05) is 13.1 Å². The quantitative estimate of drug-likeness (QED) is 0.575. The highest BCUT2D eigenvalue weighted by Crippen LogP contribution is 2.27. The molecule has 1 aromatic heterocycles. The van der Waals surface area contributed by atoms with Crippen molar-refractivity contribution in [2.45, 2.75) is 18.8 Å². The number of hydrogen-bond donors (Lipinski definition) is 3. The lowest BCUT2D eigenvalue weighted by molar-refractivity contribution is 0.0706. The molecule has 0 radical (unpaired) electrons. The van der Waals surface area contributed by atoms with Gasteiger partial charge in [0, 0.05) is 11.6 Å². The Hall–Kier alpha value is -1.98. The van der Waals surface area contributed by atoms with Crippen molar-refractivity contribution in [2.24, 2.45) is 0 Å². The summed E-state index contributed by atoms with van der Waals surface area (Å²) in [4.78, 5) is 15.7. The van der Waals surface area contributed by atoms with Gasteiger partial charge >= 0.3 is 0 Å². The molecular weight excluding hydrogens is 254 g/mol. The van der Waals surface area contributed by atoms with E-state index in [0.29, 0.717) is 11.5 Å². The zero-order valence-electron chi connectivity index (χ0n) is 11.1. The first-order chi connectivity index (χ1) is 9.78. The SMILES string of the molecule is O=C(NO)c1cnc2ccc(C3CCNCC3)cc2c1. The smallest absolute Gasteiger partial charge is 0.276 e. The van der Waals surface area contributed by atoms with Crippen LogP contribution in [0, 0.1) is 0 Å². The number of pyridine rings is 1. The van der Waals surface area contributed by atoms with E-state index in [0.717, 1.165) is 36.8 Å². The molecule has 0 bridgehead atoms. The van der Waals surface area contributed by atoms with Crippen molar-refractivity contribution < 1.29 is 10.0 Å². The minimum atomic E-state index is -0.535.